The van der Waals surface area contributed by atoms with Gasteiger partial charge in [-0.2, -0.15) is 0 Å². The monoisotopic (exact) mass is 267 g/mol. The van der Waals surface area contributed by atoms with E-state index in [2.05, 4.69) is 24.4 Å². The lowest BCUT2D eigenvalue weighted by Crippen LogP contribution is -2.37. The summed E-state index contributed by atoms with van der Waals surface area (Å²) in [6.45, 7) is 5.81. The Bertz CT molecular complexity index is 288. The molecule has 0 fully saturated rings. The van der Waals surface area contributed by atoms with Crippen LogP contribution in [-0.4, -0.2) is 23.2 Å². The SMILES string of the molecule is CCCCC/C=C\CC/C=C/C(=O)NCC(C)(C)O. The number of nitrogens with one attached hydrogen (secondary N) is 1. The van der Waals surface area contributed by atoms with Gasteiger partial charge >= 0.3 is 0 Å². The predicted molar refractivity (Wildman–Crippen MR) is 81.0 cm³/mol. The highest BCUT2D eigenvalue weighted by Gasteiger charge is 2.12. The maximum atomic E-state index is 11.4. The van der Waals surface area contributed by atoms with E-state index in [9.17, 15) is 9.90 Å². The van der Waals surface area contributed by atoms with Crippen LogP contribution in [0.25, 0.3) is 0 Å². The molecule has 3 nitrogen and oxygen atoms in total. The number of hydrogen-bond donors (Lipinski definition) is 2. The maximum absolute atomic E-state index is 11.4. The summed E-state index contributed by atoms with van der Waals surface area (Å²) in [5, 5.41) is 12.1. The van der Waals surface area contributed by atoms with Gasteiger partial charge in [-0.3, -0.25) is 4.79 Å². The lowest BCUT2D eigenvalue weighted by Gasteiger charge is -2.16. The zero-order valence-electron chi connectivity index (χ0n) is 12.6. The molecule has 3 heteroatoms. The molecular weight excluding hydrogens is 238 g/mol. The van der Waals surface area contributed by atoms with Gasteiger partial charge in [0.15, 0.2) is 0 Å². The number of aliphatic hydroxyl groups is 1. The van der Waals surface area contributed by atoms with E-state index >= 15 is 0 Å². The van der Waals surface area contributed by atoms with Crippen molar-refractivity contribution in [2.24, 2.45) is 0 Å². The van der Waals surface area contributed by atoms with Crippen molar-refractivity contribution in [3.63, 3.8) is 0 Å². The van der Waals surface area contributed by atoms with Crippen molar-refractivity contribution in [3.05, 3.63) is 24.3 Å². The highest BCUT2D eigenvalue weighted by Crippen LogP contribution is 2.01. The Morgan fingerprint density at radius 1 is 1.11 bits per heavy atom. The minimum atomic E-state index is -0.856. The molecule has 0 heterocycles. The van der Waals surface area contributed by atoms with Gasteiger partial charge in [0.05, 0.1) is 5.60 Å². The Labute approximate surface area is 117 Å². The Balaban J connectivity index is 3.54. The van der Waals surface area contributed by atoms with Crippen LogP contribution in [0, 0.1) is 0 Å². The smallest absolute Gasteiger partial charge is 0.243 e. The molecule has 0 bridgehead atoms. The number of hydrogen-bond acceptors (Lipinski definition) is 2. The Hall–Kier alpha value is -1.09. The normalized spacial score (nSPS) is 12.4. The molecule has 0 aromatic carbocycles. The van der Waals surface area contributed by atoms with Gasteiger partial charge in [0.2, 0.25) is 5.91 Å². The van der Waals surface area contributed by atoms with E-state index < -0.39 is 5.60 Å². The summed E-state index contributed by atoms with van der Waals surface area (Å²) in [6.07, 6.45) is 14.6. The number of rotatable bonds is 10. The van der Waals surface area contributed by atoms with Gasteiger partial charge in [-0.25, -0.2) is 0 Å². The molecule has 0 aliphatic carbocycles. The minimum Gasteiger partial charge on any atom is -0.389 e. The lowest BCUT2D eigenvalue weighted by atomic mass is 10.1. The zero-order chi connectivity index (χ0) is 14.6. The van der Waals surface area contributed by atoms with Crippen molar-refractivity contribution in [1.82, 2.24) is 5.32 Å². The molecule has 0 spiro atoms. The summed E-state index contributed by atoms with van der Waals surface area (Å²) < 4.78 is 0. The van der Waals surface area contributed by atoms with Crippen LogP contribution in [0.1, 0.15) is 59.3 Å². The van der Waals surface area contributed by atoms with Crippen LogP contribution < -0.4 is 5.32 Å². The van der Waals surface area contributed by atoms with Gasteiger partial charge in [0, 0.05) is 6.54 Å². The largest absolute Gasteiger partial charge is 0.389 e. The molecule has 0 atom stereocenters. The molecule has 0 aromatic rings. The average Bonchev–Trinajstić information content (AvgIpc) is 2.33. The van der Waals surface area contributed by atoms with Crippen LogP contribution in [0.5, 0.6) is 0 Å². The molecule has 0 saturated carbocycles. The van der Waals surface area contributed by atoms with E-state index in [1.807, 2.05) is 6.08 Å². The quantitative estimate of drug-likeness (QED) is 0.362. The molecule has 0 rings (SSSR count). The fraction of sp³-hybridized carbons (Fsp3) is 0.688. The van der Waals surface area contributed by atoms with Gasteiger partial charge in [-0.1, -0.05) is 38.0 Å². The van der Waals surface area contributed by atoms with Crippen LogP contribution in [0.3, 0.4) is 0 Å². The second-order valence-electron chi connectivity index (χ2n) is 5.48. The fourth-order valence-corrected chi connectivity index (χ4v) is 1.49. The van der Waals surface area contributed by atoms with Crippen molar-refractivity contribution in [2.75, 3.05) is 6.54 Å². The third kappa shape index (κ3) is 14.9. The van der Waals surface area contributed by atoms with E-state index in [0.29, 0.717) is 0 Å². The summed E-state index contributed by atoms with van der Waals surface area (Å²) in [7, 11) is 0. The van der Waals surface area contributed by atoms with Crippen molar-refractivity contribution >= 4 is 5.91 Å². The van der Waals surface area contributed by atoms with Crippen molar-refractivity contribution < 1.29 is 9.90 Å². The third-order valence-corrected chi connectivity index (χ3v) is 2.61. The summed E-state index contributed by atoms with van der Waals surface area (Å²) in [5.74, 6) is -0.144. The van der Waals surface area contributed by atoms with Crippen LogP contribution in [-0.2, 0) is 4.79 Å². The first kappa shape index (κ1) is 17.9. The standard InChI is InChI=1S/C16H29NO2/c1-4-5-6-7-8-9-10-11-12-13-15(18)17-14-16(2,3)19/h8-9,12-13,19H,4-7,10-11,14H2,1-3H3,(H,17,18)/b9-8-,13-12+. The number of allylic oxidation sites excluding steroid dienone is 3. The number of amides is 1. The highest BCUT2D eigenvalue weighted by atomic mass is 16.3. The summed E-state index contributed by atoms with van der Waals surface area (Å²) >= 11 is 0. The molecule has 110 valence electrons. The van der Waals surface area contributed by atoms with Crippen molar-refractivity contribution in [1.29, 1.82) is 0 Å². The van der Waals surface area contributed by atoms with Crippen LogP contribution in [0.2, 0.25) is 0 Å². The predicted octanol–water partition coefficient (Wildman–Crippen LogP) is 3.35. The highest BCUT2D eigenvalue weighted by molar-refractivity contribution is 5.87. The molecule has 1 amide bonds. The number of carbonyl (C=O) groups excluding carboxylic acids is 1. The minimum absolute atomic E-state index is 0.144. The maximum Gasteiger partial charge on any atom is 0.243 e. The topological polar surface area (TPSA) is 49.3 Å². The first-order chi connectivity index (χ1) is 8.95. The van der Waals surface area contributed by atoms with Crippen molar-refractivity contribution in [2.45, 2.75) is 64.9 Å². The molecule has 19 heavy (non-hydrogen) atoms. The Kier molecular flexibility index (Phi) is 10.2. The molecule has 0 aliphatic rings. The molecule has 0 radical (unpaired) electrons. The van der Waals surface area contributed by atoms with Crippen molar-refractivity contribution in [3.8, 4) is 0 Å². The van der Waals surface area contributed by atoms with Gasteiger partial charge < -0.3 is 10.4 Å². The molecule has 0 saturated heterocycles. The average molecular weight is 267 g/mol. The Morgan fingerprint density at radius 3 is 2.37 bits per heavy atom. The van der Waals surface area contributed by atoms with Gasteiger partial charge in [-0.15, -0.1) is 0 Å². The van der Waals surface area contributed by atoms with E-state index in [0.717, 1.165) is 19.3 Å². The molecule has 0 aliphatic heterocycles. The van der Waals surface area contributed by atoms with Crippen LogP contribution in [0.4, 0.5) is 0 Å². The fourth-order valence-electron chi connectivity index (χ4n) is 1.49. The Morgan fingerprint density at radius 2 is 1.74 bits per heavy atom. The van der Waals surface area contributed by atoms with E-state index in [1.54, 1.807) is 13.8 Å². The molecular formula is C16H29NO2. The third-order valence-electron chi connectivity index (χ3n) is 2.61. The first-order valence-electron chi connectivity index (χ1n) is 7.27. The molecule has 2 N–H and O–H groups in total. The summed E-state index contributed by atoms with van der Waals surface area (Å²) in [5.41, 5.74) is -0.856. The number of unbranched alkanes of at least 4 members (excludes halogenated alkanes) is 4. The molecule has 0 aromatic heterocycles. The molecule has 0 unspecified atom stereocenters. The first-order valence-corrected chi connectivity index (χ1v) is 7.27. The van der Waals surface area contributed by atoms with Gasteiger partial charge in [0.25, 0.3) is 0 Å². The van der Waals surface area contributed by atoms with Crippen LogP contribution in [0.15, 0.2) is 24.3 Å². The second kappa shape index (κ2) is 10.8. The lowest BCUT2D eigenvalue weighted by molar-refractivity contribution is -0.117. The van der Waals surface area contributed by atoms with E-state index in [-0.39, 0.29) is 12.5 Å². The van der Waals surface area contributed by atoms with Gasteiger partial charge in [-0.05, 0) is 45.6 Å². The zero-order valence-corrected chi connectivity index (χ0v) is 12.6. The summed E-state index contributed by atoms with van der Waals surface area (Å²) in [4.78, 5) is 11.4. The van der Waals surface area contributed by atoms with Crippen LogP contribution >= 0.6 is 0 Å². The number of carbonyl (C=O) groups is 1. The summed E-state index contributed by atoms with van der Waals surface area (Å²) in [6, 6.07) is 0. The second-order valence-corrected chi connectivity index (χ2v) is 5.48. The van der Waals surface area contributed by atoms with E-state index in [1.165, 1.54) is 25.3 Å². The van der Waals surface area contributed by atoms with Gasteiger partial charge in [0.1, 0.15) is 0 Å². The van der Waals surface area contributed by atoms with E-state index in [4.69, 9.17) is 0 Å².